The molecule has 1 aromatic heterocycles. The first-order valence-electron chi connectivity index (χ1n) is 5.58. The minimum atomic E-state index is -3.34. The maximum Gasteiger partial charge on any atom is 0.252 e. The van der Waals surface area contributed by atoms with Crippen LogP contribution in [0.5, 0.6) is 0 Å². The van der Waals surface area contributed by atoms with Gasteiger partial charge in [-0.05, 0) is 42.7 Å². The summed E-state index contributed by atoms with van der Waals surface area (Å²) >= 11 is 6.94. The Morgan fingerprint density at radius 2 is 2.24 bits per heavy atom. The van der Waals surface area contributed by atoms with Gasteiger partial charge in [-0.25, -0.2) is 8.42 Å². The molecule has 1 fully saturated rings. The Bertz CT molecular complexity index is 493. The highest BCUT2D eigenvalue weighted by Crippen LogP contribution is 2.37. The summed E-state index contributed by atoms with van der Waals surface area (Å²) in [6.45, 7) is 1.98. The summed E-state index contributed by atoms with van der Waals surface area (Å²) in [5.41, 5.74) is 0.864. The molecule has 3 nitrogen and oxygen atoms in total. The third-order valence-electron chi connectivity index (χ3n) is 3.30. The molecular formula is C11H16ClNO2S2. The fraction of sp³-hybridized carbons (Fsp3) is 0.636. The third-order valence-corrected chi connectivity index (χ3v) is 7.01. The van der Waals surface area contributed by atoms with Gasteiger partial charge in [-0.1, -0.05) is 0 Å². The summed E-state index contributed by atoms with van der Waals surface area (Å²) in [7, 11) is -1.67. The Morgan fingerprint density at radius 3 is 2.71 bits per heavy atom. The standard InChI is InChI=1S/C11H16ClNO2S2/c1-8(10-3-4-10)13(2)17(14,15)11-5-9(6-12)7-16-11/h5,7-8,10H,3-4,6H2,1-2H3. The number of hydrogen-bond donors (Lipinski definition) is 0. The highest BCUT2D eigenvalue weighted by atomic mass is 35.5. The van der Waals surface area contributed by atoms with Crippen LogP contribution < -0.4 is 0 Å². The second-order valence-electron chi connectivity index (χ2n) is 4.51. The molecule has 0 saturated heterocycles. The average Bonchev–Trinajstić information content (AvgIpc) is 3.04. The normalized spacial score (nSPS) is 18.6. The first-order chi connectivity index (χ1) is 7.96. The number of alkyl halides is 1. The van der Waals surface area contributed by atoms with Gasteiger partial charge in [-0.2, -0.15) is 4.31 Å². The molecule has 2 rings (SSSR count). The van der Waals surface area contributed by atoms with Gasteiger partial charge in [-0.15, -0.1) is 22.9 Å². The van der Waals surface area contributed by atoms with E-state index in [-0.39, 0.29) is 6.04 Å². The van der Waals surface area contributed by atoms with Crippen molar-refractivity contribution in [2.75, 3.05) is 7.05 Å². The molecule has 17 heavy (non-hydrogen) atoms. The molecule has 1 aromatic rings. The second-order valence-corrected chi connectivity index (χ2v) is 7.91. The number of nitrogens with zero attached hydrogens (tertiary/aromatic N) is 1. The highest BCUT2D eigenvalue weighted by molar-refractivity contribution is 7.91. The third kappa shape index (κ3) is 2.67. The Labute approximate surface area is 111 Å². The molecule has 0 aliphatic heterocycles. The van der Waals surface area contributed by atoms with Crippen LogP contribution in [0.25, 0.3) is 0 Å². The minimum absolute atomic E-state index is 0.0848. The van der Waals surface area contributed by atoms with Gasteiger partial charge in [0, 0.05) is 19.0 Å². The molecule has 0 aromatic carbocycles. The van der Waals surface area contributed by atoms with E-state index in [1.165, 1.54) is 15.6 Å². The molecule has 0 amide bonds. The lowest BCUT2D eigenvalue weighted by molar-refractivity contribution is 0.358. The zero-order valence-corrected chi connectivity index (χ0v) is 12.3. The lowest BCUT2D eigenvalue weighted by atomic mass is 10.2. The Balaban J connectivity index is 2.22. The number of hydrogen-bond acceptors (Lipinski definition) is 3. The fourth-order valence-corrected chi connectivity index (χ4v) is 4.86. The number of thiophene rings is 1. The van der Waals surface area contributed by atoms with Crippen molar-refractivity contribution in [2.45, 2.75) is 35.9 Å². The largest absolute Gasteiger partial charge is 0.252 e. The zero-order chi connectivity index (χ0) is 12.6. The number of halogens is 1. The van der Waals surface area contributed by atoms with Crippen LogP contribution in [0.2, 0.25) is 0 Å². The van der Waals surface area contributed by atoms with Gasteiger partial charge in [0.25, 0.3) is 10.0 Å². The molecular weight excluding hydrogens is 278 g/mol. The van der Waals surface area contributed by atoms with Crippen LogP contribution in [0, 0.1) is 5.92 Å². The quantitative estimate of drug-likeness (QED) is 0.783. The van der Waals surface area contributed by atoms with Crippen molar-refractivity contribution >= 4 is 33.0 Å². The second kappa shape index (κ2) is 4.88. The summed E-state index contributed by atoms with van der Waals surface area (Å²) in [4.78, 5) is 0. The minimum Gasteiger partial charge on any atom is -0.206 e. The molecule has 96 valence electrons. The van der Waals surface area contributed by atoms with E-state index in [1.54, 1.807) is 18.5 Å². The summed E-state index contributed by atoms with van der Waals surface area (Å²) < 4.78 is 26.5. The topological polar surface area (TPSA) is 37.4 Å². The summed E-state index contributed by atoms with van der Waals surface area (Å²) in [6.07, 6.45) is 2.27. The smallest absolute Gasteiger partial charge is 0.206 e. The van der Waals surface area contributed by atoms with Gasteiger partial charge in [-0.3, -0.25) is 0 Å². The molecule has 1 saturated carbocycles. The van der Waals surface area contributed by atoms with Crippen LogP contribution >= 0.6 is 22.9 Å². The SMILES string of the molecule is CC(C1CC1)N(C)S(=O)(=O)c1cc(CCl)cs1. The predicted octanol–water partition coefficient (Wildman–Crippen LogP) is 2.91. The van der Waals surface area contributed by atoms with E-state index >= 15 is 0 Å². The van der Waals surface area contributed by atoms with Crippen molar-refractivity contribution in [1.82, 2.24) is 4.31 Å². The Morgan fingerprint density at radius 1 is 1.59 bits per heavy atom. The van der Waals surface area contributed by atoms with Crippen molar-refractivity contribution < 1.29 is 8.42 Å². The summed E-state index contributed by atoms with van der Waals surface area (Å²) in [6, 6.07) is 1.75. The lowest BCUT2D eigenvalue weighted by Gasteiger charge is -2.23. The Hall–Kier alpha value is -0.100. The molecule has 1 unspecified atom stereocenters. The van der Waals surface area contributed by atoms with E-state index in [0.717, 1.165) is 18.4 Å². The van der Waals surface area contributed by atoms with Crippen LogP contribution in [0.15, 0.2) is 15.7 Å². The fourth-order valence-electron chi connectivity index (χ4n) is 1.79. The van der Waals surface area contributed by atoms with Crippen molar-refractivity contribution in [3.63, 3.8) is 0 Å². The van der Waals surface area contributed by atoms with Gasteiger partial charge in [0.05, 0.1) is 0 Å². The zero-order valence-electron chi connectivity index (χ0n) is 9.89. The Kier molecular flexibility index (Phi) is 3.83. The number of rotatable bonds is 5. The molecule has 1 aliphatic carbocycles. The molecule has 0 spiro atoms. The van der Waals surface area contributed by atoms with Crippen LogP contribution in [0.1, 0.15) is 25.3 Å². The van der Waals surface area contributed by atoms with Gasteiger partial charge < -0.3 is 0 Å². The molecule has 0 radical (unpaired) electrons. The average molecular weight is 294 g/mol. The summed E-state index contributed by atoms with van der Waals surface area (Å²) in [5.74, 6) is 0.885. The van der Waals surface area contributed by atoms with E-state index in [9.17, 15) is 8.42 Å². The molecule has 1 aliphatic rings. The first-order valence-corrected chi connectivity index (χ1v) is 8.43. The van der Waals surface area contributed by atoms with Crippen molar-refractivity contribution in [3.8, 4) is 0 Å². The van der Waals surface area contributed by atoms with E-state index < -0.39 is 10.0 Å². The van der Waals surface area contributed by atoms with Crippen LogP contribution in [0.4, 0.5) is 0 Å². The molecule has 1 heterocycles. The van der Waals surface area contributed by atoms with Gasteiger partial charge >= 0.3 is 0 Å². The van der Waals surface area contributed by atoms with Crippen LogP contribution in [0.3, 0.4) is 0 Å². The van der Waals surface area contributed by atoms with Gasteiger partial charge in [0.2, 0.25) is 0 Å². The molecule has 0 N–H and O–H groups in total. The van der Waals surface area contributed by atoms with E-state index in [0.29, 0.717) is 16.0 Å². The number of sulfonamides is 1. The van der Waals surface area contributed by atoms with E-state index in [4.69, 9.17) is 11.6 Å². The van der Waals surface area contributed by atoms with Crippen molar-refractivity contribution in [1.29, 1.82) is 0 Å². The van der Waals surface area contributed by atoms with Crippen molar-refractivity contribution in [2.24, 2.45) is 5.92 Å². The van der Waals surface area contributed by atoms with Crippen LogP contribution in [-0.4, -0.2) is 25.8 Å². The van der Waals surface area contributed by atoms with Crippen molar-refractivity contribution in [3.05, 3.63) is 17.0 Å². The first kappa shape index (κ1) is 13.3. The van der Waals surface area contributed by atoms with Crippen LogP contribution in [-0.2, 0) is 15.9 Å². The maximum atomic E-state index is 12.3. The van der Waals surface area contributed by atoms with Gasteiger partial charge in [0.15, 0.2) is 0 Å². The van der Waals surface area contributed by atoms with E-state index in [1.807, 2.05) is 6.92 Å². The lowest BCUT2D eigenvalue weighted by Crippen LogP contribution is -2.36. The van der Waals surface area contributed by atoms with Gasteiger partial charge in [0.1, 0.15) is 4.21 Å². The summed E-state index contributed by atoms with van der Waals surface area (Å²) in [5, 5.41) is 1.80. The maximum absolute atomic E-state index is 12.3. The predicted molar refractivity (Wildman–Crippen MR) is 71.0 cm³/mol. The van der Waals surface area contributed by atoms with E-state index in [2.05, 4.69) is 0 Å². The molecule has 6 heteroatoms. The highest BCUT2D eigenvalue weighted by Gasteiger charge is 2.36. The molecule has 0 bridgehead atoms. The molecule has 1 atom stereocenters. The monoisotopic (exact) mass is 293 g/mol.